The van der Waals surface area contributed by atoms with Crippen LogP contribution >= 0.6 is 0 Å². The Morgan fingerprint density at radius 3 is 2.31 bits per heavy atom. The van der Waals surface area contributed by atoms with Crippen LogP contribution in [-0.4, -0.2) is 41.6 Å². The minimum absolute atomic E-state index is 0.00471. The van der Waals surface area contributed by atoms with Crippen LogP contribution in [0, 0.1) is 0 Å². The summed E-state index contributed by atoms with van der Waals surface area (Å²) in [6.45, 7) is 3.72. The molecule has 5 nitrogen and oxygen atoms in total. The molecule has 0 saturated carbocycles. The molecular weight excluding hydrogens is 543 g/mol. The number of carboxylic acid groups (broad SMARTS) is 1. The van der Waals surface area contributed by atoms with Crippen molar-refractivity contribution >= 4 is 5.97 Å². The van der Waals surface area contributed by atoms with Gasteiger partial charge in [-0.2, -0.15) is 13.2 Å². The third-order valence-electron chi connectivity index (χ3n) is 7.38. The lowest BCUT2D eigenvalue weighted by molar-refractivity contribution is -0.214. The number of hydrogen-bond donors (Lipinski definition) is 1. The van der Waals surface area contributed by atoms with Gasteiger partial charge in [-0.25, -0.2) is 4.98 Å². The summed E-state index contributed by atoms with van der Waals surface area (Å²) >= 11 is 0. The predicted molar refractivity (Wildman–Crippen MR) is 160 cm³/mol. The molecule has 0 aliphatic heterocycles. The molecule has 8 heteroatoms. The predicted octanol–water partition coefficient (Wildman–Crippen LogP) is 9.46. The summed E-state index contributed by atoms with van der Waals surface area (Å²) in [6.07, 6.45) is 2.51. The molecule has 1 aromatic heterocycles. The summed E-state index contributed by atoms with van der Waals surface area (Å²) < 4.78 is 49.9. The van der Waals surface area contributed by atoms with Gasteiger partial charge < -0.3 is 14.6 Å². The Hall–Kier alpha value is -3.39. The van der Waals surface area contributed by atoms with Crippen molar-refractivity contribution in [3.63, 3.8) is 0 Å². The molecule has 42 heavy (non-hydrogen) atoms. The molecule has 3 aromatic rings. The Morgan fingerprint density at radius 1 is 0.881 bits per heavy atom. The molecule has 0 amide bonds. The number of carbonyl (C=O) groups is 1. The molecule has 3 rings (SSSR count). The van der Waals surface area contributed by atoms with Crippen LogP contribution in [0.4, 0.5) is 13.2 Å². The molecule has 2 aromatic carbocycles. The second-order valence-electron chi connectivity index (χ2n) is 10.6. The van der Waals surface area contributed by atoms with Crippen LogP contribution in [0.3, 0.4) is 0 Å². The van der Waals surface area contributed by atoms with Crippen molar-refractivity contribution in [3.05, 3.63) is 72.4 Å². The third kappa shape index (κ3) is 10.8. The highest BCUT2D eigenvalue weighted by Crippen LogP contribution is 2.37. The molecular formula is C34H42F3NO4. The normalized spacial score (nSPS) is 13.1. The quantitative estimate of drug-likeness (QED) is 0.151. The van der Waals surface area contributed by atoms with Crippen LogP contribution in [-0.2, 0) is 9.53 Å². The number of pyridine rings is 1. The smallest absolute Gasteiger partial charge is 0.414 e. The molecule has 1 heterocycles. The molecule has 0 radical (unpaired) electrons. The van der Waals surface area contributed by atoms with Gasteiger partial charge >= 0.3 is 12.1 Å². The highest BCUT2D eigenvalue weighted by molar-refractivity contribution is 5.83. The maximum Gasteiger partial charge on any atom is 0.414 e. The first-order valence-corrected chi connectivity index (χ1v) is 14.9. The van der Waals surface area contributed by atoms with Crippen LogP contribution in [0.1, 0.15) is 83.1 Å². The van der Waals surface area contributed by atoms with E-state index in [-0.39, 0.29) is 18.9 Å². The van der Waals surface area contributed by atoms with Gasteiger partial charge in [0.05, 0.1) is 6.61 Å². The van der Waals surface area contributed by atoms with Crippen LogP contribution in [0.5, 0.6) is 5.88 Å². The zero-order valence-electron chi connectivity index (χ0n) is 24.5. The van der Waals surface area contributed by atoms with Crippen LogP contribution < -0.4 is 4.74 Å². The van der Waals surface area contributed by atoms with E-state index < -0.39 is 18.2 Å². The number of ether oxygens (including phenoxy) is 2. The number of aliphatic carboxylic acids is 1. The molecule has 2 atom stereocenters. The average Bonchev–Trinajstić information content (AvgIpc) is 2.98. The standard InChI is InChI=1S/C34H42F3NO4/c1-3-4-5-6-10-21-42-32-19-17-29(24-38-32)31-23-28(16-18-30(31)27-12-8-7-9-13-27)26(14-11-15-33(39)40)20-22-41-25(2)34(35,36)37/h7-9,12-13,16-19,23-26H,3-6,10-11,14-15,20-22H2,1-2H3,(H,39,40). The van der Waals surface area contributed by atoms with Gasteiger partial charge in [0.15, 0.2) is 6.10 Å². The minimum Gasteiger partial charge on any atom is -0.481 e. The van der Waals surface area contributed by atoms with E-state index in [9.17, 15) is 18.0 Å². The van der Waals surface area contributed by atoms with Gasteiger partial charge in [0, 0.05) is 30.9 Å². The lowest BCUT2D eigenvalue weighted by atomic mass is 9.86. The summed E-state index contributed by atoms with van der Waals surface area (Å²) in [5.41, 5.74) is 4.77. The van der Waals surface area contributed by atoms with E-state index >= 15 is 0 Å². The first-order chi connectivity index (χ1) is 20.2. The summed E-state index contributed by atoms with van der Waals surface area (Å²) in [5, 5.41) is 9.15. The molecule has 0 saturated heterocycles. The van der Waals surface area contributed by atoms with Crippen molar-refractivity contribution in [1.82, 2.24) is 4.98 Å². The first kappa shape index (κ1) is 33.1. The minimum atomic E-state index is -4.43. The highest BCUT2D eigenvalue weighted by atomic mass is 19.4. The number of aromatic nitrogens is 1. The maximum absolute atomic E-state index is 13.0. The van der Waals surface area contributed by atoms with Gasteiger partial charge in [0.1, 0.15) is 0 Å². The van der Waals surface area contributed by atoms with Crippen molar-refractivity contribution in [2.24, 2.45) is 0 Å². The maximum atomic E-state index is 13.0. The van der Waals surface area contributed by atoms with E-state index in [1.54, 1.807) is 6.20 Å². The number of alkyl halides is 3. The van der Waals surface area contributed by atoms with Gasteiger partial charge in [0.25, 0.3) is 0 Å². The number of halogens is 3. The summed E-state index contributed by atoms with van der Waals surface area (Å²) in [7, 11) is 0. The number of hydrogen-bond acceptors (Lipinski definition) is 4. The van der Waals surface area contributed by atoms with E-state index in [1.165, 1.54) is 19.3 Å². The Morgan fingerprint density at radius 2 is 1.64 bits per heavy atom. The zero-order chi connectivity index (χ0) is 30.4. The second-order valence-corrected chi connectivity index (χ2v) is 10.6. The lowest BCUT2D eigenvalue weighted by Crippen LogP contribution is -2.29. The van der Waals surface area contributed by atoms with E-state index in [0.717, 1.165) is 47.6 Å². The molecule has 2 unspecified atom stereocenters. The van der Waals surface area contributed by atoms with Crippen LogP contribution in [0.25, 0.3) is 22.3 Å². The van der Waals surface area contributed by atoms with Crippen molar-refractivity contribution in [1.29, 1.82) is 0 Å². The van der Waals surface area contributed by atoms with Crippen molar-refractivity contribution < 1.29 is 32.5 Å². The fourth-order valence-corrected chi connectivity index (χ4v) is 4.89. The Bertz CT molecular complexity index is 1220. The van der Waals surface area contributed by atoms with Crippen LogP contribution in [0.15, 0.2) is 66.9 Å². The van der Waals surface area contributed by atoms with Crippen molar-refractivity contribution in [3.8, 4) is 28.1 Å². The fraction of sp³-hybridized carbons (Fsp3) is 0.471. The molecule has 228 valence electrons. The van der Waals surface area contributed by atoms with Gasteiger partial charge in [-0.15, -0.1) is 0 Å². The first-order valence-electron chi connectivity index (χ1n) is 14.9. The number of nitrogens with zero attached hydrogens (tertiary/aromatic N) is 1. The summed E-state index contributed by atoms with van der Waals surface area (Å²) in [5.74, 6) is -0.504. The lowest BCUT2D eigenvalue weighted by Gasteiger charge is -2.22. The van der Waals surface area contributed by atoms with Gasteiger partial charge in [-0.1, -0.05) is 81.1 Å². The zero-order valence-corrected chi connectivity index (χ0v) is 24.5. The summed E-state index contributed by atoms with van der Waals surface area (Å²) in [6, 6.07) is 19.8. The van der Waals surface area contributed by atoms with E-state index in [2.05, 4.69) is 11.9 Å². The number of carboxylic acids is 1. The Balaban J connectivity index is 1.85. The molecule has 0 bridgehead atoms. The van der Waals surface area contributed by atoms with E-state index in [0.29, 0.717) is 31.7 Å². The van der Waals surface area contributed by atoms with Crippen LogP contribution in [0.2, 0.25) is 0 Å². The second kappa shape index (κ2) is 16.9. The molecule has 0 aliphatic rings. The molecule has 0 aliphatic carbocycles. The Labute approximate surface area is 247 Å². The van der Waals surface area contributed by atoms with Gasteiger partial charge in [0.2, 0.25) is 5.88 Å². The number of unbranched alkanes of at least 4 members (excludes halogenated alkanes) is 4. The number of benzene rings is 2. The van der Waals surface area contributed by atoms with Gasteiger partial charge in [-0.05, 0) is 66.8 Å². The van der Waals surface area contributed by atoms with E-state index in [1.807, 2.05) is 60.7 Å². The Kier molecular flexibility index (Phi) is 13.3. The highest BCUT2D eigenvalue weighted by Gasteiger charge is 2.36. The van der Waals surface area contributed by atoms with E-state index in [4.69, 9.17) is 14.6 Å². The van der Waals surface area contributed by atoms with Crippen molar-refractivity contribution in [2.75, 3.05) is 13.2 Å². The molecule has 1 N–H and O–H groups in total. The van der Waals surface area contributed by atoms with Crippen molar-refractivity contribution in [2.45, 2.75) is 89.8 Å². The molecule has 0 spiro atoms. The van der Waals surface area contributed by atoms with Gasteiger partial charge in [-0.3, -0.25) is 4.79 Å². The number of rotatable bonds is 18. The third-order valence-corrected chi connectivity index (χ3v) is 7.38. The topological polar surface area (TPSA) is 68.7 Å². The fourth-order valence-electron chi connectivity index (χ4n) is 4.89. The monoisotopic (exact) mass is 585 g/mol. The largest absolute Gasteiger partial charge is 0.481 e. The SMILES string of the molecule is CCCCCCCOc1ccc(-c2cc(C(CCCC(=O)O)CCOC(C)C(F)(F)F)ccc2-c2ccccc2)cn1. The average molecular weight is 586 g/mol. The molecule has 0 fully saturated rings. The summed E-state index contributed by atoms with van der Waals surface area (Å²) in [4.78, 5) is 15.7.